The summed E-state index contributed by atoms with van der Waals surface area (Å²) in [4.78, 5) is 18.8. The number of rotatable bonds is 14. The Hall–Kier alpha value is -3.77. The van der Waals surface area contributed by atoms with Crippen LogP contribution in [0.2, 0.25) is 0 Å². The van der Waals surface area contributed by atoms with Gasteiger partial charge in [-0.1, -0.05) is 48.5 Å². The lowest BCUT2D eigenvalue weighted by molar-refractivity contribution is -0.130. The Bertz CT molecular complexity index is 1410. The number of carbonyl (C=O) groups excluding carboxylic acids is 1. The topological polar surface area (TPSA) is 155 Å². The maximum atomic E-state index is 14.0. The van der Waals surface area contributed by atoms with Gasteiger partial charge in [0.25, 0.3) is 5.91 Å². The Morgan fingerprint density at radius 2 is 1.59 bits per heavy atom. The Kier molecular flexibility index (Phi) is 10.1. The second kappa shape index (κ2) is 13.7. The second-order valence-corrected chi connectivity index (χ2v) is 11.7. The number of hydrogen-bond donors (Lipinski definition) is 4. The van der Waals surface area contributed by atoms with Crippen molar-refractivity contribution in [3.63, 3.8) is 0 Å². The molecular formula is C30H34N2O8S. The van der Waals surface area contributed by atoms with Gasteiger partial charge in [-0.2, -0.15) is 0 Å². The van der Waals surface area contributed by atoms with Crippen LogP contribution in [0.4, 0.5) is 0 Å². The molecule has 0 fully saturated rings. The lowest BCUT2D eigenvalue weighted by atomic mass is 9.85. The zero-order valence-electron chi connectivity index (χ0n) is 22.4. The molecule has 41 heavy (non-hydrogen) atoms. The Balaban J connectivity index is 1.76. The Labute approximate surface area is 239 Å². The third kappa shape index (κ3) is 7.12. The van der Waals surface area contributed by atoms with Gasteiger partial charge in [-0.25, -0.2) is 13.4 Å². The number of sulfone groups is 1. The van der Waals surface area contributed by atoms with Gasteiger partial charge in [0.05, 0.1) is 36.5 Å². The number of ether oxygens (including phenoxy) is 2. The highest BCUT2D eigenvalue weighted by molar-refractivity contribution is 7.91. The van der Waals surface area contributed by atoms with Crippen molar-refractivity contribution in [3.8, 4) is 5.75 Å². The maximum absolute atomic E-state index is 14.0. The van der Waals surface area contributed by atoms with Gasteiger partial charge in [0.1, 0.15) is 5.75 Å². The summed E-state index contributed by atoms with van der Waals surface area (Å²) in [5, 5.41) is 30.9. The number of carbonyl (C=O) groups is 1. The summed E-state index contributed by atoms with van der Waals surface area (Å²) in [5.74, 6) is -0.375. The summed E-state index contributed by atoms with van der Waals surface area (Å²) in [6, 6.07) is 22.7. The van der Waals surface area contributed by atoms with Crippen LogP contribution in [0, 0.1) is 0 Å². The van der Waals surface area contributed by atoms with Crippen LogP contribution in [0.25, 0.3) is 0 Å². The standard InChI is InChI=1S/C30H34N2O8S/c33-17-7-18-39-25-14-12-23(13-15-25)28-32-30(29(36)31-24(20-34)21-35,27(40-28)22-8-3-1-4-9-22)16-19-41(37,38)26-10-5-2-6-11-26/h1-6,8-15,24,27,33-35H,7,16-21H2,(H,31,36)/t27-,30-/m1/s1. The van der Waals surface area contributed by atoms with Crippen LogP contribution in [-0.2, 0) is 19.4 Å². The molecule has 0 aromatic heterocycles. The molecule has 10 nitrogen and oxygen atoms in total. The molecule has 3 aromatic carbocycles. The summed E-state index contributed by atoms with van der Waals surface area (Å²) < 4.78 is 38.5. The van der Waals surface area contributed by atoms with E-state index in [-0.39, 0.29) is 23.8 Å². The van der Waals surface area contributed by atoms with Crippen molar-refractivity contribution in [3.05, 3.63) is 96.1 Å². The van der Waals surface area contributed by atoms with E-state index in [0.717, 1.165) is 0 Å². The number of hydrogen-bond acceptors (Lipinski definition) is 9. The van der Waals surface area contributed by atoms with E-state index in [0.29, 0.717) is 29.9 Å². The monoisotopic (exact) mass is 582 g/mol. The Morgan fingerprint density at radius 3 is 2.20 bits per heavy atom. The molecule has 0 radical (unpaired) electrons. The fraction of sp³-hybridized carbons (Fsp3) is 0.333. The van der Waals surface area contributed by atoms with Crippen molar-refractivity contribution in [2.45, 2.75) is 35.4 Å². The van der Waals surface area contributed by atoms with Gasteiger partial charge in [0, 0.05) is 25.0 Å². The minimum atomic E-state index is -3.80. The quantitative estimate of drug-likeness (QED) is 0.211. The van der Waals surface area contributed by atoms with Gasteiger partial charge >= 0.3 is 0 Å². The van der Waals surface area contributed by atoms with E-state index in [2.05, 4.69) is 5.32 Å². The normalized spacial score (nSPS) is 18.5. The average Bonchev–Trinajstić information content (AvgIpc) is 3.41. The predicted molar refractivity (Wildman–Crippen MR) is 152 cm³/mol. The van der Waals surface area contributed by atoms with Gasteiger partial charge in [0.2, 0.25) is 5.90 Å². The first-order valence-electron chi connectivity index (χ1n) is 13.3. The first-order valence-corrected chi connectivity index (χ1v) is 14.9. The Morgan fingerprint density at radius 1 is 0.951 bits per heavy atom. The van der Waals surface area contributed by atoms with Crippen LogP contribution in [0.1, 0.15) is 30.1 Å². The van der Waals surface area contributed by atoms with Crippen molar-refractivity contribution in [2.75, 3.05) is 32.2 Å². The zero-order valence-corrected chi connectivity index (χ0v) is 23.2. The molecule has 11 heteroatoms. The van der Waals surface area contributed by atoms with Crippen LogP contribution < -0.4 is 10.1 Å². The molecule has 4 N–H and O–H groups in total. The van der Waals surface area contributed by atoms with Crippen molar-refractivity contribution < 1.29 is 38.0 Å². The smallest absolute Gasteiger partial charge is 0.252 e. The summed E-state index contributed by atoms with van der Waals surface area (Å²) in [6.45, 7) is -0.682. The first kappa shape index (κ1) is 30.2. The van der Waals surface area contributed by atoms with E-state index in [1.165, 1.54) is 12.1 Å². The maximum Gasteiger partial charge on any atom is 0.252 e. The van der Waals surface area contributed by atoms with Crippen LogP contribution in [0.3, 0.4) is 0 Å². The van der Waals surface area contributed by atoms with Gasteiger partial charge in [-0.15, -0.1) is 0 Å². The molecular weight excluding hydrogens is 548 g/mol. The third-order valence-corrected chi connectivity index (χ3v) is 8.49. The van der Waals surface area contributed by atoms with Crippen molar-refractivity contribution >= 4 is 21.6 Å². The number of amides is 1. The lowest BCUT2D eigenvalue weighted by Gasteiger charge is -2.31. The fourth-order valence-corrected chi connectivity index (χ4v) is 5.88. The second-order valence-electron chi connectivity index (χ2n) is 9.62. The van der Waals surface area contributed by atoms with Crippen LogP contribution in [-0.4, -0.2) is 79.3 Å². The molecule has 0 bridgehead atoms. The number of aliphatic hydroxyl groups excluding tert-OH is 3. The number of aliphatic hydroxyl groups is 3. The minimum Gasteiger partial charge on any atom is -0.494 e. The van der Waals surface area contributed by atoms with E-state index < -0.39 is 52.4 Å². The summed E-state index contributed by atoms with van der Waals surface area (Å²) >= 11 is 0. The third-order valence-electron chi connectivity index (χ3n) is 6.76. The highest BCUT2D eigenvalue weighted by Crippen LogP contribution is 2.43. The van der Waals surface area contributed by atoms with Crippen LogP contribution >= 0.6 is 0 Å². The van der Waals surface area contributed by atoms with E-state index >= 15 is 0 Å². The number of benzene rings is 3. The van der Waals surface area contributed by atoms with Gasteiger partial charge in [0.15, 0.2) is 21.5 Å². The molecule has 0 spiro atoms. The molecule has 218 valence electrons. The summed E-state index contributed by atoms with van der Waals surface area (Å²) in [5.41, 5.74) is -0.592. The molecule has 1 aliphatic rings. The molecule has 1 amide bonds. The number of aliphatic imine (C=N–C) groups is 1. The number of nitrogens with zero attached hydrogens (tertiary/aromatic N) is 1. The highest BCUT2D eigenvalue weighted by Gasteiger charge is 2.54. The van der Waals surface area contributed by atoms with Crippen molar-refractivity contribution in [2.24, 2.45) is 4.99 Å². The highest BCUT2D eigenvalue weighted by atomic mass is 32.2. The molecule has 0 saturated heterocycles. The average molecular weight is 583 g/mol. The lowest BCUT2D eigenvalue weighted by Crippen LogP contribution is -2.53. The van der Waals surface area contributed by atoms with Crippen LogP contribution in [0.5, 0.6) is 5.75 Å². The number of nitrogens with one attached hydrogen (secondary N) is 1. The van der Waals surface area contributed by atoms with E-state index in [1.807, 2.05) is 6.07 Å². The first-order chi connectivity index (χ1) is 19.8. The van der Waals surface area contributed by atoms with E-state index in [4.69, 9.17) is 19.6 Å². The molecule has 2 atom stereocenters. The SMILES string of the molecule is O=C(NC(CO)CO)[C@]1(CCS(=O)(=O)c2ccccc2)N=C(c2ccc(OCCCO)cc2)O[C@@H]1c1ccccc1. The van der Waals surface area contributed by atoms with E-state index in [9.17, 15) is 23.4 Å². The molecule has 3 aromatic rings. The van der Waals surface area contributed by atoms with Gasteiger partial charge < -0.3 is 30.1 Å². The van der Waals surface area contributed by atoms with Gasteiger partial charge in [-0.05, 0) is 42.0 Å². The zero-order chi connectivity index (χ0) is 29.3. The molecule has 1 heterocycles. The minimum absolute atomic E-state index is 0.0150. The predicted octanol–water partition coefficient (Wildman–Crippen LogP) is 2.04. The summed E-state index contributed by atoms with van der Waals surface area (Å²) in [6.07, 6.45) is -0.740. The van der Waals surface area contributed by atoms with E-state index in [1.54, 1.807) is 66.7 Å². The largest absolute Gasteiger partial charge is 0.494 e. The van der Waals surface area contributed by atoms with Crippen molar-refractivity contribution in [1.82, 2.24) is 5.32 Å². The van der Waals surface area contributed by atoms with Crippen LogP contribution in [0.15, 0.2) is 94.8 Å². The van der Waals surface area contributed by atoms with Gasteiger partial charge in [-0.3, -0.25) is 4.79 Å². The summed E-state index contributed by atoms with van der Waals surface area (Å²) in [7, 11) is -3.80. The molecule has 0 saturated carbocycles. The fourth-order valence-electron chi connectivity index (χ4n) is 4.49. The molecule has 0 unspecified atom stereocenters. The van der Waals surface area contributed by atoms with Crippen molar-refractivity contribution in [1.29, 1.82) is 0 Å². The molecule has 1 aliphatic heterocycles. The molecule has 0 aliphatic carbocycles. The molecule has 4 rings (SSSR count).